The van der Waals surface area contributed by atoms with E-state index in [0.717, 1.165) is 19.3 Å². The molecule has 5 heteroatoms. The average Bonchev–Trinajstić information content (AvgIpc) is 2.35. The summed E-state index contributed by atoms with van der Waals surface area (Å²) in [5.74, 6) is 0.272. The van der Waals surface area contributed by atoms with Crippen molar-refractivity contribution in [1.82, 2.24) is 4.90 Å². The Kier molecular flexibility index (Phi) is 4.27. The third-order valence-corrected chi connectivity index (χ3v) is 3.57. The molecule has 5 nitrogen and oxygen atoms in total. The number of amides is 1. The van der Waals surface area contributed by atoms with Crippen molar-refractivity contribution >= 4 is 5.91 Å². The zero-order valence-corrected chi connectivity index (χ0v) is 11.1. The Balaban J connectivity index is 2.18. The Labute approximate surface area is 113 Å². The predicted molar refractivity (Wildman–Crippen MR) is 72.4 cm³/mol. The van der Waals surface area contributed by atoms with E-state index in [1.165, 1.54) is 13.2 Å². The molecular formula is C14H20N2O3. The molecule has 3 N–H and O–H groups in total. The number of nitrogens with zero attached hydrogens (tertiary/aromatic N) is 1. The maximum Gasteiger partial charge on any atom is 0.254 e. The molecule has 0 bridgehead atoms. The lowest BCUT2D eigenvalue weighted by molar-refractivity contribution is 0.0588. The summed E-state index contributed by atoms with van der Waals surface area (Å²) in [5, 5.41) is 9.74. The highest BCUT2D eigenvalue weighted by atomic mass is 16.5. The fraction of sp³-hybridized carbons (Fsp3) is 0.500. The van der Waals surface area contributed by atoms with Gasteiger partial charge in [-0.3, -0.25) is 4.79 Å². The van der Waals surface area contributed by atoms with E-state index in [9.17, 15) is 9.90 Å². The van der Waals surface area contributed by atoms with Crippen LogP contribution in [0.3, 0.4) is 0 Å². The number of hydrogen-bond acceptors (Lipinski definition) is 4. The van der Waals surface area contributed by atoms with E-state index >= 15 is 0 Å². The Morgan fingerprint density at radius 1 is 1.53 bits per heavy atom. The van der Waals surface area contributed by atoms with Gasteiger partial charge in [0.1, 0.15) is 0 Å². The highest BCUT2D eigenvalue weighted by Gasteiger charge is 2.29. The second kappa shape index (κ2) is 5.93. The Bertz CT molecular complexity index is 458. The first-order valence-corrected chi connectivity index (χ1v) is 6.55. The van der Waals surface area contributed by atoms with Crippen LogP contribution in [-0.4, -0.2) is 42.2 Å². The van der Waals surface area contributed by atoms with Crippen molar-refractivity contribution < 1.29 is 14.6 Å². The number of phenolic OH excluding ortho intramolecular Hbond substituents is 1. The van der Waals surface area contributed by atoms with Crippen molar-refractivity contribution in [2.45, 2.75) is 25.3 Å². The van der Waals surface area contributed by atoms with E-state index in [-0.39, 0.29) is 11.7 Å². The van der Waals surface area contributed by atoms with Crippen molar-refractivity contribution in [2.75, 3.05) is 20.2 Å². The van der Waals surface area contributed by atoms with Crippen LogP contribution in [0.25, 0.3) is 0 Å². The van der Waals surface area contributed by atoms with E-state index in [1.807, 2.05) is 4.90 Å². The molecule has 1 aromatic rings. The predicted octanol–water partition coefficient (Wildman–Crippen LogP) is 1.35. The van der Waals surface area contributed by atoms with Gasteiger partial charge in [-0.15, -0.1) is 0 Å². The largest absolute Gasteiger partial charge is 0.504 e. The Morgan fingerprint density at radius 3 is 2.74 bits per heavy atom. The van der Waals surface area contributed by atoms with Gasteiger partial charge in [-0.1, -0.05) is 0 Å². The summed E-state index contributed by atoms with van der Waals surface area (Å²) in [6.45, 7) is 1.00. The number of ether oxygens (including phenoxy) is 1. The topological polar surface area (TPSA) is 75.8 Å². The molecule has 19 heavy (non-hydrogen) atoms. The number of rotatable bonds is 5. The van der Waals surface area contributed by atoms with Crippen molar-refractivity contribution in [3.63, 3.8) is 0 Å². The fourth-order valence-corrected chi connectivity index (χ4v) is 2.28. The van der Waals surface area contributed by atoms with Gasteiger partial charge in [-0.2, -0.15) is 0 Å². The molecule has 104 valence electrons. The zero-order chi connectivity index (χ0) is 13.8. The van der Waals surface area contributed by atoms with Crippen LogP contribution in [0.2, 0.25) is 0 Å². The standard InChI is InChI=1S/C14H20N2O3/c1-19-13-6-5-10(9-12(13)17)14(18)16(8-7-15)11-3-2-4-11/h5-6,9,11,17H,2-4,7-8,15H2,1H3. The van der Waals surface area contributed by atoms with Crippen LogP contribution in [0.1, 0.15) is 29.6 Å². The van der Waals surface area contributed by atoms with Gasteiger partial charge in [0, 0.05) is 24.7 Å². The number of carbonyl (C=O) groups is 1. The highest BCUT2D eigenvalue weighted by Crippen LogP contribution is 2.29. The van der Waals surface area contributed by atoms with E-state index in [4.69, 9.17) is 10.5 Å². The van der Waals surface area contributed by atoms with E-state index in [0.29, 0.717) is 30.4 Å². The van der Waals surface area contributed by atoms with E-state index < -0.39 is 0 Å². The molecule has 0 unspecified atom stereocenters. The molecule has 1 saturated carbocycles. The molecule has 0 radical (unpaired) electrons. The third-order valence-electron chi connectivity index (χ3n) is 3.57. The first kappa shape index (κ1) is 13.7. The van der Waals surface area contributed by atoms with Crippen LogP contribution in [0.5, 0.6) is 11.5 Å². The summed E-state index contributed by atoms with van der Waals surface area (Å²) >= 11 is 0. The highest BCUT2D eigenvalue weighted by molar-refractivity contribution is 5.95. The molecule has 0 aliphatic heterocycles. The van der Waals surface area contributed by atoms with Gasteiger partial charge in [0.05, 0.1) is 7.11 Å². The van der Waals surface area contributed by atoms with Crippen molar-refractivity contribution in [2.24, 2.45) is 5.73 Å². The summed E-state index contributed by atoms with van der Waals surface area (Å²) < 4.78 is 4.97. The number of methoxy groups -OCH3 is 1. The summed E-state index contributed by atoms with van der Waals surface area (Å²) in [5.41, 5.74) is 6.05. The molecule has 1 aliphatic rings. The van der Waals surface area contributed by atoms with Crippen molar-refractivity contribution in [1.29, 1.82) is 0 Å². The van der Waals surface area contributed by atoms with Gasteiger partial charge in [0.2, 0.25) is 0 Å². The van der Waals surface area contributed by atoms with Gasteiger partial charge in [0.25, 0.3) is 5.91 Å². The SMILES string of the molecule is COc1ccc(C(=O)N(CCN)C2CCC2)cc1O. The van der Waals surface area contributed by atoms with Gasteiger partial charge in [0.15, 0.2) is 11.5 Å². The van der Waals surface area contributed by atoms with Crippen molar-refractivity contribution in [3.05, 3.63) is 23.8 Å². The molecule has 0 atom stereocenters. The maximum absolute atomic E-state index is 12.4. The fourth-order valence-electron chi connectivity index (χ4n) is 2.28. The minimum Gasteiger partial charge on any atom is -0.504 e. The monoisotopic (exact) mass is 264 g/mol. The van der Waals surface area contributed by atoms with Crippen LogP contribution >= 0.6 is 0 Å². The summed E-state index contributed by atoms with van der Waals surface area (Å²) in [6, 6.07) is 5.01. The zero-order valence-electron chi connectivity index (χ0n) is 11.1. The number of aromatic hydroxyl groups is 1. The number of hydrogen-bond donors (Lipinski definition) is 2. The maximum atomic E-state index is 12.4. The number of phenols is 1. The number of benzene rings is 1. The first-order valence-electron chi connectivity index (χ1n) is 6.55. The van der Waals surface area contributed by atoms with Gasteiger partial charge >= 0.3 is 0 Å². The van der Waals surface area contributed by atoms with E-state index in [1.54, 1.807) is 12.1 Å². The number of carbonyl (C=O) groups excluding carboxylic acids is 1. The molecule has 0 heterocycles. The Morgan fingerprint density at radius 2 is 2.26 bits per heavy atom. The molecule has 0 saturated heterocycles. The summed E-state index contributed by atoms with van der Waals surface area (Å²) in [7, 11) is 1.48. The molecule has 1 amide bonds. The van der Waals surface area contributed by atoms with E-state index in [2.05, 4.69) is 0 Å². The summed E-state index contributed by atoms with van der Waals surface area (Å²) in [4.78, 5) is 14.2. The third kappa shape index (κ3) is 2.81. The first-order chi connectivity index (χ1) is 9.17. The Hall–Kier alpha value is -1.75. The lowest BCUT2D eigenvalue weighted by Gasteiger charge is -2.37. The molecule has 2 rings (SSSR count). The quantitative estimate of drug-likeness (QED) is 0.842. The van der Waals surface area contributed by atoms with Gasteiger partial charge in [-0.05, 0) is 37.5 Å². The van der Waals surface area contributed by atoms with Gasteiger partial charge in [-0.25, -0.2) is 0 Å². The molecule has 0 spiro atoms. The molecule has 1 fully saturated rings. The van der Waals surface area contributed by atoms with Crippen LogP contribution in [0, 0.1) is 0 Å². The lowest BCUT2D eigenvalue weighted by Crippen LogP contribution is -2.46. The van der Waals surface area contributed by atoms with Crippen LogP contribution in [0.4, 0.5) is 0 Å². The van der Waals surface area contributed by atoms with Gasteiger partial charge < -0.3 is 20.5 Å². The minimum absolute atomic E-state index is 0.0188. The van der Waals surface area contributed by atoms with Crippen LogP contribution in [-0.2, 0) is 0 Å². The summed E-state index contributed by atoms with van der Waals surface area (Å²) in [6.07, 6.45) is 3.23. The van der Waals surface area contributed by atoms with Crippen LogP contribution < -0.4 is 10.5 Å². The minimum atomic E-state index is -0.0758. The second-order valence-electron chi connectivity index (χ2n) is 4.76. The smallest absolute Gasteiger partial charge is 0.254 e. The second-order valence-corrected chi connectivity index (χ2v) is 4.76. The molecule has 1 aromatic carbocycles. The van der Waals surface area contributed by atoms with Crippen molar-refractivity contribution in [3.8, 4) is 11.5 Å². The molecule has 0 aromatic heterocycles. The average molecular weight is 264 g/mol. The number of nitrogens with two attached hydrogens (primary N) is 1. The normalized spacial score (nSPS) is 14.8. The lowest BCUT2D eigenvalue weighted by atomic mass is 9.91. The molecule has 1 aliphatic carbocycles. The molecular weight excluding hydrogens is 244 g/mol. The van der Waals surface area contributed by atoms with Crippen LogP contribution in [0.15, 0.2) is 18.2 Å².